The standard InChI is InChI=1S/C18H23NO.C2H6/c1-4-19(5-2)18(15-10-7-6-8-11-15)16-12-9-13-17(14-16)20-3;1-2/h6-14,18H,4-5H2,1-3H3;1-2H3. The van der Waals surface area contributed by atoms with Gasteiger partial charge in [-0.25, -0.2) is 0 Å². The zero-order valence-electron chi connectivity index (χ0n) is 14.5. The molecule has 0 N–H and O–H groups in total. The van der Waals surface area contributed by atoms with Crippen molar-refractivity contribution >= 4 is 0 Å². The summed E-state index contributed by atoms with van der Waals surface area (Å²) in [6, 6.07) is 19.3. The summed E-state index contributed by atoms with van der Waals surface area (Å²) < 4.78 is 5.37. The number of hydrogen-bond donors (Lipinski definition) is 0. The highest BCUT2D eigenvalue weighted by molar-refractivity contribution is 5.36. The highest BCUT2D eigenvalue weighted by atomic mass is 16.5. The van der Waals surface area contributed by atoms with Gasteiger partial charge in [0.2, 0.25) is 0 Å². The van der Waals surface area contributed by atoms with Crippen LogP contribution in [0.5, 0.6) is 5.75 Å². The minimum Gasteiger partial charge on any atom is -0.497 e. The van der Waals surface area contributed by atoms with Gasteiger partial charge in [0.05, 0.1) is 13.2 Å². The van der Waals surface area contributed by atoms with Crippen LogP contribution >= 0.6 is 0 Å². The fourth-order valence-corrected chi connectivity index (χ4v) is 2.65. The SMILES string of the molecule is CC.CCN(CC)C(c1ccccc1)c1cccc(OC)c1. The predicted molar refractivity (Wildman–Crippen MR) is 95.5 cm³/mol. The maximum Gasteiger partial charge on any atom is 0.119 e. The van der Waals surface area contributed by atoms with Gasteiger partial charge in [-0.1, -0.05) is 70.2 Å². The summed E-state index contributed by atoms with van der Waals surface area (Å²) in [6.45, 7) is 10.5. The zero-order chi connectivity index (χ0) is 16.4. The van der Waals surface area contributed by atoms with E-state index in [1.165, 1.54) is 11.1 Å². The summed E-state index contributed by atoms with van der Waals surface area (Å²) in [4.78, 5) is 2.46. The zero-order valence-corrected chi connectivity index (χ0v) is 14.5. The summed E-state index contributed by atoms with van der Waals surface area (Å²) in [5.41, 5.74) is 2.60. The molecule has 0 radical (unpaired) electrons. The quantitative estimate of drug-likeness (QED) is 0.731. The normalized spacial score (nSPS) is 11.5. The Morgan fingerprint density at radius 2 is 1.45 bits per heavy atom. The fourth-order valence-electron chi connectivity index (χ4n) is 2.65. The molecular formula is C20H29NO. The van der Waals surface area contributed by atoms with E-state index in [-0.39, 0.29) is 6.04 Å². The van der Waals surface area contributed by atoms with Crippen molar-refractivity contribution in [2.75, 3.05) is 20.2 Å². The van der Waals surface area contributed by atoms with Crippen molar-refractivity contribution in [1.82, 2.24) is 4.90 Å². The highest BCUT2D eigenvalue weighted by Gasteiger charge is 2.20. The second-order valence-electron chi connectivity index (χ2n) is 4.81. The number of hydrogen-bond acceptors (Lipinski definition) is 2. The van der Waals surface area contributed by atoms with Crippen LogP contribution in [0.2, 0.25) is 0 Å². The van der Waals surface area contributed by atoms with Crippen LogP contribution in [0.1, 0.15) is 44.9 Å². The molecule has 2 aromatic carbocycles. The lowest BCUT2D eigenvalue weighted by Gasteiger charge is -2.30. The Morgan fingerprint density at radius 1 is 0.864 bits per heavy atom. The van der Waals surface area contributed by atoms with E-state index in [9.17, 15) is 0 Å². The van der Waals surface area contributed by atoms with Crippen molar-refractivity contribution < 1.29 is 4.74 Å². The summed E-state index contributed by atoms with van der Waals surface area (Å²) in [5, 5.41) is 0. The molecule has 2 aromatic rings. The molecule has 2 nitrogen and oxygen atoms in total. The van der Waals surface area contributed by atoms with Crippen molar-refractivity contribution in [3.63, 3.8) is 0 Å². The Kier molecular flexibility index (Phi) is 8.31. The van der Waals surface area contributed by atoms with Crippen LogP contribution in [0.4, 0.5) is 0 Å². The third kappa shape index (κ3) is 4.60. The van der Waals surface area contributed by atoms with Gasteiger partial charge >= 0.3 is 0 Å². The third-order valence-electron chi connectivity index (χ3n) is 3.70. The van der Waals surface area contributed by atoms with Crippen molar-refractivity contribution in [2.45, 2.75) is 33.7 Å². The molecule has 0 saturated heterocycles. The van der Waals surface area contributed by atoms with Crippen LogP contribution in [0, 0.1) is 0 Å². The van der Waals surface area contributed by atoms with Crippen LogP contribution in [-0.4, -0.2) is 25.1 Å². The van der Waals surface area contributed by atoms with Gasteiger partial charge in [-0.2, -0.15) is 0 Å². The molecule has 1 unspecified atom stereocenters. The van der Waals surface area contributed by atoms with Gasteiger partial charge in [0.15, 0.2) is 0 Å². The van der Waals surface area contributed by atoms with E-state index in [0.29, 0.717) is 0 Å². The van der Waals surface area contributed by atoms with E-state index in [4.69, 9.17) is 4.74 Å². The first-order chi connectivity index (χ1) is 10.8. The molecule has 0 bridgehead atoms. The van der Waals surface area contributed by atoms with Gasteiger partial charge in [-0.15, -0.1) is 0 Å². The van der Waals surface area contributed by atoms with Crippen LogP contribution in [0.25, 0.3) is 0 Å². The van der Waals surface area contributed by atoms with E-state index in [0.717, 1.165) is 18.8 Å². The molecule has 0 aliphatic rings. The van der Waals surface area contributed by atoms with Crippen molar-refractivity contribution in [3.8, 4) is 5.75 Å². The first-order valence-corrected chi connectivity index (χ1v) is 8.23. The molecule has 0 heterocycles. The fraction of sp³-hybridized carbons (Fsp3) is 0.400. The maximum absolute atomic E-state index is 5.37. The van der Waals surface area contributed by atoms with Gasteiger partial charge < -0.3 is 4.74 Å². The monoisotopic (exact) mass is 299 g/mol. The topological polar surface area (TPSA) is 12.5 Å². The number of nitrogens with zero attached hydrogens (tertiary/aromatic N) is 1. The Labute approximate surface area is 135 Å². The summed E-state index contributed by atoms with van der Waals surface area (Å²) in [6.07, 6.45) is 0. The van der Waals surface area contributed by atoms with Gasteiger partial charge in [0, 0.05) is 0 Å². The van der Waals surface area contributed by atoms with Crippen LogP contribution in [-0.2, 0) is 0 Å². The Balaban J connectivity index is 0.00000116. The van der Waals surface area contributed by atoms with Crippen LogP contribution in [0.3, 0.4) is 0 Å². The van der Waals surface area contributed by atoms with Gasteiger partial charge in [0.1, 0.15) is 5.75 Å². The average Bonchev–Trinajstić information content (AvgIpc) is 2.62. The molecule has 1 atom stereocenters. The predicted octanol–water partition coefficient (Wildman–Crippen LogP) is 5.15. The van der Waals surface area contributed by atoms with Crippen molar-refractivity contribution in [2.24, 2.45) is 0 Å². The molecular weight excluding hydrogens is 270 g/mol. The number of ether oxygens (including phenoxy) is 1. The van der Waals surface area contributed by atoms with Crippen molar-refractivity contribution in [1.29, 1.82) is 0 Å². The lowest BCUT2D eigenvalue weighted by atomic mass is 9.97. The summed E-state index contributed by atoms with van der Waals surface area (Å²) in [5.74, 6) is 0.913. The number of methoxy groups -OCH3 is 1. The van der Waals surface area contributed by atoms with E-state index >= 15 is 0 Å². The molecule has 0 fully saturated rings. The first-order valence-electron chi connectivity index (χ1n) is 8.23. The lowest BCUT2D eigenvalue weighted by molar-refractivity contribution is 0.250. The lowest BCUT2D eigenvalue weighted by Crippen LogP contribution is -2.29. The largest absolute Gasteiger partial charge is 0.497 e. The molecule has 0 saturated carbocycles. The minimum absolute atomic E-state index is 0.279. The molecule has 22 heavy (non-hydrogen) atoms. The summed E-state index contributed by atoms with van der Waals surface area (Å²) >= 11 is 0. The Bertz CT molecular complexity index is 520. The first kappa shape index (κ1) is 18.2. The maximum atomic E-state index is 5.37. The Morgan fingerprint density at radius 3 is 2.00 bits per heavy atom. The third-order valence-corrected chi connectivity index (χ3v) is 3.70. The average molecular weight is 299 g/mol. The van der Waals surface area contributed by atoms with Gasteiger partial charge in [0.25, 0.3) is 0 Å². The minimum atomic E-state index is 0.279. The molecule has 0 spiro atoms. The van der Waals surface area contributed by atoms with E-state index in [1.54, 1.807) is 7.11 Å². The molecule has 0 aliphatic heterocycles. The van der Waals surface area contributed by atoms with E-state index < -0.39 is 0 Å². The molecule has 2 heteroatoms. The van der Waals surface area contributed by atoms with Gasteiger partial charge in [-0.3, -0.25) is 4.90 Å². The second-order valence-corrected chi connectivity index (χ2v) is 4.81. The molecule has 120 valence electrons. The highest BCUT2D eigenvalue weighted by Crippen LogP contribution is 2.30. The number of rotatable bonds is 6. The van der Waals surface area contributed by atoms with Gasteiger partial charge in [-0.05, 0) is 36.3 Å². The molecule has 0 amide bonds. The van der Waals surface area contributed by atoms with E-state index in [2.05, 4.69) is 67.3 Å². The summed E-state index contributed by atoms with van der Waals surface area (Å²) in [7, 11) is 1.72. The van der Waals surface area contributed by atoms with Crippen molar-refractivity contribution in [3.05, 3.63) is 65.7 Å². The van der Waals surface area contributed by atoms with Crippen LogP contribution in [0.15, 0.2) is 54.6 Å². The molecule has 0 aliphatic carbocycles. The van der Waals surface area contributed by atoms with Crippen LogP contribution < -0.4 is 4.74 Å². The Hall–Kier alpha value is -1.80. The molecule has 0 aromatic heterocycles. The second kappa shape index (κ2) is 10.0. The smallest absolute Gasteiger partial charge is 0.119 e. The number of benzene rings is 2. The molecule has 2 rings (SSSR count). The van der Waals surface area contributed by atoms with E-state index in [1.807, 2.05) is 19.9 Å².